The lowest BCUT2D eigenvalue weighted by Gasteiger charge is -2.22. The van der Waals surface area contributed by atoms with Gasteiger partial charge in [0, 0.05) is 43.2 Å². The summed E-state index contributed by atoms with van der Waals surface area (Å²) >= 11 is 0. The van der Waals surface area contributed by atoms with Gasteiger partial charge in [0.15, 0.2) is 0 Å². The minimum absolute atomic E-state index is 0.135. The van der Waals surface area contributed by atoms with E-state index in [0.717, 1.165) is 54.0 Å². The molecule has 4 aromatic rings. The molecule has 32 heavy (non-hydrogen) atoms. The molecule has 0 saturated heterocycles. The molecule has 2 aromatic carbocycles. The Balaban J connectivity index is 1.55. The molecule has 1 aliphatic rings. The Labute approximate surface area is 187 Å². The van der Waals surface area contributed by atoms with E-state index in [1.54, 1.807) is 0 Å². The Morgan fingerprint density at radius 3 is 2.88 bits per heavy atom. The normalized spacial score (nSPS) is 15.2. The predicted octanol–water partition coefficient (Wildman–Crippen LogP) is 4.14. The number of nitrogens with zero attached hydrogens (tertiary/aromatic N) is 5. The molecular formula is C25H28N6O. The second kappa shape index (κ2) is 8.59. The molecule has 0 radical (unpaired) electrons. The second-order valence-electron chi connectivity index (χ2n) is 8.46. The Morgan fingerprint density at radius 2 is 2.06 bits per heavy atom. The highest BCUT2D eigenvalue weighted by Crippen LogP contribution is 2.39. The van der Waals surface area contributed by atoms with Crippen molar-refractivity contribution < 1.29 is 5.11 Å². The van der Waals surface area contributed by atoms with Crippen molar-refractivity contribution in [1.82, 2.24) is 24.8 Å². The van der Waals surface area contributed by atoms with E-state index < -0.39 is 0 Å². The molecular weight excluding hydrogens is 400 g/mol. The minimum atomic E-state index is 0.135. The predicted molar refractivity (Wildman–Crippen MR) is 125 cm³/mol. The first-order valence-corrected chi connectivity index (χ1v) is 11.1. The van der Waals surface area contributed by atoms with Gasteiger partial charge < -0.3 is 10.4 Å². The number of nitrogens with one attached hydrogen (secondary N) is 1. The van der Waals surface area contributed by atoms with Gasteiger partial charge in [-0.1, -0.05) is 29.5 Å². The van der Waals surface area contributed by atoms with E-state index in [0.29, 0.717) is 0 Å². The van der Waals surface area contributed by atoms with Crippen molar-refractivity contribution >= 4 is 5.69 Å². The second-order valence-corrected chi connectivity index (χ2v) is 8.46. The summed E-state index contributed by atoms with van der Waals surface area (Å²) in [6.07, 6.45) is 6.50. The number of fused-ring (bicyclic) bond motifs is 3. The van der Waals surface area contributed by atoms with Gasteiger partial charge in [-0.05, 0) is 61.1 Å². The lowest BCUT2D eigenvalue weighted by Crippen LogP contribution is -2.13. The SMILES string of the molecule is Cc1nnn2c1-c1ccc(-c3cnn(C)c3)cc1C(Nc1cccc(CCCO)c1)CC2. The molecule has 1 atom stereocenters. The fourth-order valence-electron chi connectivity index (χ4n) is 4.56. The summed E-state index contributed by atoms with van der Waals surface area (Å²) in [6, 6.07) is 15.3. The van der Waals surface area contributed by atoms with Crippen LogP contribution in [0.3, 0.4) is 0 Å². The smallest absolute Gasteiger partial charge is 0.0918 e. The third-order valence-corrected chi connectivity index (χ3v) is 6.14. The molecule has 0 saturated carbocycles. The zero-order chi connectivity index (χ0) is 22.1. The van der Waals surface area contributed by atoms with Gasteiger partial charge in [-0.15, -0.1) is 5.10 Å². The molecule has 5 rings (SSSR count). The molecule has 164 valence electrons. The van der Waals surface area contributed by atoms with Gasteiger partial charge in [-0.2, -0.15) is 5.10 Å². The summed E-state index contributed by atoms with van der Waals surface area (Å²) in [4.78, 5) is 0. The fraction of sp³-hybridized carbons (Fsp3) is 0.320. The van der Waals surface area contributed by atoms with Crippen LogP contribution >= 0.6 is 0 Å². The standard InChI is InChI=1S/C25H28N6O/c1-17-25-22-9-8-19(20-15-26-30(2)16-20)14-23(22)24(10-11-31(25)29-28-17)27-21-7-3-5-18(13-21)6-4-12-32/h3,5,7-9,13-16,24,27,32H,4,6,10-12H2,1-2H3. The highest BCUT2D eigenvalue weighted by molar-refractivity contribution is 5.74. The summed E-state index contributed by atoms with van der Waals surface area (Å²) < 4.78 is 3.86. The number of hydrogen-bond donors (Lipinski definition) is 2. The van der Waals surface area contributed by atoms with Gasteiger partial charge in [-0.3, -0.25) is 4.68 Å². The monoisotopic (exact) mass is 428 g/mol. The molecule has 0 spiro atoms. The summed E-state index contributed by atoms with van der Waals surface area (Å²) in [5, 5.41) is 26.0. The van der Waals surface area contributed by atoms with Gasteiger partial charge in [0.2, 0.25) is 0 Å². The van der Waals surface area contributed by atoms with Gasteiger partial charge in [0.05, 0.1) is 23.6 Å². The molecule has 0 amide bonds. The number of aliphatic hydroxyl groups excluding tert-OH is 1. The third-order valence-electron chi connectivity index (χ3n) is 6.14. The molecule has 7 nitrogen and oxygen atoms in total. The molecule has 2 N–H and O–H groups in total. The largest absolute Gasteiger partial charge is 0.396 e. The van der Waals surface area contributed by atoms with Crippen molar-refractivity contribution in [2.75, 3.05) is 11.9 Å². The highest BCUT2D eigenvalue weighted by atomic mass is 16.2. The quantitative estimate of drug-likeness (QED) is 0.483. The highest BCUT2D eigenvalue weighted by Gasteiger charge is 2.26. The summed E-state index contributed by atoms with van der Waals surface area (Å²) in [7, 11) is 1.94. The molecule has 0 fully saturated rings. The maximum Gasteiger partial charge on any atom is 0.0918 e. The van der Waals surface area contributed by atoms with Crippen molar-refractivity contribution in [1.29, 1.82) is 0 Å². The number of hydrogen-bond acceptors (Lipinski definition) is 5. The van der Waals surface area contributed by atoms with Crippen molar-refractivity contribution in [2.45, 2.75) is 38.8 Å². The number of aromatic nitrogens is 5. The average Bonchev–Trinajstić information content (AvgIpc) is 3.36. The minimum Gasteiger partial charge on any atom is -0.396 e. The van der Waals surface area contributed by atoms with Crippen LogP contribution in [0.2, 0.25) is 0 Å². The molecule has 0 aliphatic carbocycles. The summed E-state index contributed by atoms with van der Waals surface area (Å²) in [5.41, 5.74) is 9.05. The van der Waals surface area contributed by atoms with Crippen LogP contribution in [0.25, 0.3) is 22.4 Å². The van der Waals surface area contributed by atoms with Crippen molar-refractivity contribution in [3.63, 3.8) is 0 Å². The molecule has 3 heterocycles. The van der Waals surface area contributed by atoms with Gasteiger partial charge in [0.1, 0.15) is 0 Å². The van der Waals surface area contributed by atoms with Crippen molar-refractivity contribution in [3.05, 3.63) is 71.7 Å². The van der Waals surface area contributed by atoms with Gasteiger partial charge >= 0.3 is 0 Å². The van der Waals surface area contributed by atoms with Crippen LogP contribution in [0.15, 0.2) is 54.9 Å². The Bertz CT molecular complexity index is 1240. The zero-order valence-corrected chi connectivity index (χ0v) is 18.5. The Kier molecular flexibility index (Phi) is 5.49. The van der Waals surface area contributed by atoms with Crippen LogP contribution in [0.4, 0.5) is 5.69 Å². The first-order chi connectivity index (χ1) is 15.6. The van der Waals surface area contributed by atoms with E-state index in [-0.39, 0.29) is 12.6 Å². The van der Waals surface area contributed by atoms with E-state index in [4.69, 9.17) is 0 Å². The topological polar surface area (TPSA) is 80.8 Å². The Morgan fingerprint density at radius 1 is 1.16 bits per heavy atom. The number of aryl methyl sites for hydroxylation is 4. The van der Waals surface area contributed by atoms with E-state index >= 15 is 0 Å². The van der Waals surface area contributed by atoms with E-state index in [9.17, 15) is 5.11 Å². The number of aliphatic hydroxyl groups is 1. The summed E-state index contributed by atoms with van der Waals surface area (Å²) in [5.74, 6) is 0. The zero-order valence-electron chi connectivity index (χ0n) is 18.5. The van der Waals surface area contributed by atoms with Gasteiger partial charge in [0.25, 0.3) is 0 Å². The fourth-order valence-corrected chi connectivity index (χ4v) is 4.56. The van der Waals surface area contributed by atoms with Crippen LogP contribution in [0.5, 0.6) is 0 Å². The van der Waals surface area contributed by atoms with E-state index in [1.165, 1.54) is 16.7 Å². The molecule has 1 aliphatic heterocycles. The van der Waals surface area contributed by atoms with Gasteiger partial charge in [-0.25, -0.2) is 4.68 Å². The number of benzene rings is 2. The number of anilines is 1. The number of rotatable bonds is 6. The lowest BCUT2D eigenvalue weighted by atomic mass is 9.93. The van der Waals surface area contributed by atoms with Crippen LogP contribution in [0, 0.1) is 6.92 Å². The maximum absolute atomic E-state index is 9.17. The Hall–Kier alpha value is -3.45. The van der Waals surface area contributed by atoms with E-state index in [1.807, 2.05) is 35.7 Å². The molecule has 1 unspecified atom stereocenters. The molecule has 2 aromatic heterocycles. The third kappa shape index (κ3) is 3.91. The summed E-state index contributed by atoms with van der Waals surface area (Å²) in [6.45, 7) is 3.04. The molecule has 7 heteroatoms. The average molecular weight is 429 g/mol. The lowest BCUT2D eigenvalue weighted by molar-refractivity contribution is 0.288. The maximum atomic E-state index is 9.17. The first-order valence-electron chi connectivity index (χ1n) is 11.1. The van der Waals surface area contributed by atoms with Crippen molar-refractivity contribution in [2.24, 2.45) is 7.05 Å². The van der Waals surface area contributed by atoms with Crippen LogP contribution in [-0.2, 0) is 20.0 Å². The first kappa shape index (κ1) is 20.5. The molecule has 0 bridgehead atoms. The van der Waals surface area contributed by atoms with Crippen LogP contribution in [0.1, 0.15) is 35.7 Å². The van der Waals surface area contributed by atoms with Crippen molar-refractivity contribution in [3.8, 4) is 22.4 Å². The van der Waals surface area contributed by atoms with Crippen LogP contribution in [-0.4, -0.2) is 36.5 Å². The van der Waals surface area contributed by atoms with Crippen LogP contribution < -0.4 is 5.32 Å². The van der Waals surface area contributed by atoms with E-state index in [2.05, 4.69) is 63.2 Å².